The number of fused-ring (bicyclic) bond motifs is 1. The SMILES string of the molecule is CCCCCCOC1(OCC)N=C(N)c2ccccc21. The van der Waals surface area contributed by atoms with Crippen LogP contribution in [0.25, 0.3) is 0 Å². The lowest BCUT2D eigenvalue weighted by atomic mass is 10.1. The van der Waals surface area contributed by atoms with Gasteiger partial charge in [-0.15, -0.1) is 0 Å². The Morgan fingerprint density at radius 1 is 1.10 bits per heavy atom. The second kappa shape index (κ2) is 6.86. The van der Waals surface area contributed by atoms with Gasteiger partial charge in [0.25, 0.3) is 0 Å². The van der Waals surface area contributed by atoms with Crippen molar-refractivity contribution < 1.29 is 9.47 Å². The van der Waals surface area contributed by atoms with Crippen molar-refractivity contribution in [2.75, 3.05) is 13.2 Å². The van der Waals surface area contributed by atoms with Crippen LogP contribution in [0.5, 0.6) is 0 Å². The summed E-state index contributed by atoms with van der Waals surface area (Å²) < 4.78 is 11.8. The molecule has 2 rings (SSSR count). The van der Waals surface area contributed by atoms with Crippen LogP contribution in [0.3, 0.4) is 0 Å². The average molecular weight is 276 g/mol. The minimum Gasteiger partial charge on any atom is -0.383 e. The zero-order valence-electron chi connectivity index (χ0n) is 12.4. The molecule has 1 unspecified atom stereocenters. The lowest BCUT2D eigenvalue weighted by Gasteiger charge is -2.27. The van der Waals surface area contributed by atoms with Crippen molar-refractivity contribution in [2.45, 2.75) is 45.4 Å². The lowest BCUT2D eigenvalue weighted by molar-refractivity contribution is -0.237. The quantitative estimate of drug-likeness (QED) is 0.586. The average Bonchev–Trinajstić information content (AvgIpc) is 2.73. The zero-order chi connectivity index (χ0) is 14.4. The first kappa shape index (κ1) is 15.0. The van der Waals surface area contributed by atoms with Gasteiger partial charge < -0.3 is 15.2 Å². The lowest BCUT2D eigenvalue weighted by Crippen LogP contribution is -2.30. The smallest absolute Gasteiger partial charge is 0.300 e. The number of benzene rings is 1. The summed E-state index contributed by atoms with van der Waals surface area (Å²) in [5.41, 5.74) is 7.82. The van der Waals surface area contributed by atoms with Crippen LogP contribution in [0, 0.1) is 0 Å². The Morgan fingerprint density at radius 2 is 1.90 bits per heavy atom. The highest BCUT2D eigenvalue weighted by atomic mass is 16.7. The van der Waals surface area contributed by atoms with E-state index in [9.17, 15) is 0 Å². The summed E-state index contributed by atoms with van der Waals surface area (Å²) in [7, 11) is 0. The van der Waals surface area contributed by atoms with Gasteiger partial charge in [-0.1, -0.05) is 50.5 Å². The third kappa shape index (κ3) is 3.02. The molecule has 1 aromatic carbocycles. The molecule has 2 N–H and O–H groups in total. The molecule has 4 heteroatoms. The molecule has 1 aliphatic heterocycles. The Labute approximate surface area is 121 Å². The Hall–Kier alpha value is -1.39. The van der Waals surface area contributed by atoms with Gasteiger partial charge >= 0.3 is 5.91 Å². The molecule has 0 spiro atoms. The summed E-state index contributed by atoms with van der Waals surface area (Å²) in [4.78, 5) is 4.45. The Balaban J connectivity index is 2.11. The Bertz CT molecular complexity index is 473. The maximum Gasteiger partial charge on any atom is 0.300 e. The molecule has 1 heterocycles. The summed E-state index contributed by atoms with van der Waals surface area (Å²) >= 11 is 0. The van der Waals surface area contributed by atoms with Gasteiger partial charge in [0, 0.05) is 17.7 Å². The summed E-state index contributed by atoms with van der Waals surface area (Å²) in [5.74, 6) is -0.552. The molecule has 1 aliphatic rings. The van der Waals surface area contributed by atoms with E-state index in [-0.39, 0.29) is 0 Å². The standard InChI is InChI=1S/C16H24N2O2/c1-3-5-6-9-12-20-16(19-4-2)14-11-8-7-10-13(14)15(17)18-16/h7-8,10-11H,3-6,9,12H2,1-2H3,(H2,17,18). The van der Waals surface area contributed by atoms with Crippen molar-refractivity contribution in [3.05, 3.63) is 35.4 Å². The van der Waals surface area contributed by atoms with Gasteiger partial charge in [-0.25, -0.2) is 4.99 Å². The molecule has 0 amide bonds. The monoisotopic (exact) mass is 276 g/mol. The highest BCUT2D eigenvalue weighted by Gasteiger charge is 2.41. The molecule has 20 heavy (non-hydrogen) atoms. The van der Waals surface area contributed by atoms with E-state index in [0.29, 0.717) is 19.0 Å². The highest BCUT2D eigenvalue weighted by molar-refractivity contribution is 6.01. The van der Waals surface area contributed by atoms with Crippen LogP contribution < -0.4 is 5.73 Å². The van der Waals surface area contributed by atoms with Gasteiger partial charge in [0.2, 0.25) is 0 Å². The fourth-order valence-corrected chi connectivity index (χ4v) is 2.46. The summed E-state index contributed by atoms with van der Waals surface area (Å²) in [5, 5.41) is 0. The fraction of sp³-hybridized carbons (Fsp3) is 0.562. The van der Waals surface area contributed by atoms with E-state index >= 15 is 0 Å². The van der Waals surface area contributed by atoms with Crippen LogP contribution in [0.4, 0.5) is 0 Å². The largest absolute Gasteiger partial charge is 0.383 e. The van der Waals surface area contributed by atoms with Crippen LogP contribution in [-0.2, 0) is 15.4 Å². The number of rotatable bonds is 8. The maximum atomic E-state index is 5.99. The number of hydrogen-bond donors (Lipinski definition) is 1. The third-order valence-electron chi connectivity index (χ3n) is 3.45. The van der Waals surface area contributed by atoms with Crippen LogP contribution in [0.2, 0.25) is 0 Å². The van der Waals surface area contributed by atoms with Gasteiger partial charge in [0.05, 0.1) is 6.61 Å². The minimum atomic E-state index is -1.04. The van der Waals surface area contributed by atoms with E-state index in [1.54, 1.807) is 0 Å². The van der Waals surface area contributed by atoms with Crippen LogP contribution in [0.15, 0.2) is 29.3 Å². The third-order valence-corrected chi connectivity index (χ3v) is 3.45. The van der Waals surface area contributed by atoms with Crippen molar-refractivity contribution in [1.29, 1.82) is 0 Å². The number of nitrogens with zero attached hydrogens (tertiary/aromatic N) is 1. The first-order valence-electron chi connectivity index (χ1n) is 7.46. The summed E-state index contributed by atoms with van der Waals surface area (Å²) in [6.45, 7) is 5.29. The molecule has 0 radical (unpaired) electrons. The van der Waals surface area contributed by atoms with Gasteiger partial charge in [-0.2, -0.15) is 0 Å². The molecule has 4 nitrogen and oxygen atoms in total. The Kier molecular flexibility index (Phi) is 5.15. The fourth-order valence-electron chi connectivity index (χ4n) is 2.46. The molecule has 110 valence electrons. The number of unbranched alkanes of at least 4 members (excludes halogenated alkanes) is 3. The highest BCUT2D eigenvalue weighted by Crippen LogP contribution is 2.37. The molecular weight excluding hydrogens is 252 g/mol. The van der Waals surface area contributed by atoms with E-state index < -0.39 is 5.91 Å². The first-order valence-corrected chi connectivity index (χ1v) is 7.46. The molecule has 0 aliphatic carbocycles. The predicted molar refractivity (Wildman–Crippen MR) is 80.6 cm³/mol. The molecule has 1 aromatic rings. The summed E-state index contributed by atoms with van der Waals surface area (Å²) in [6, 6.07) is 7.83. The van der Waals surface area contributed by atoms with Gasteiger partial charge in [-0.3, -0.25) is 0 Å². The second-order valence-electron chi connectivity index (χ2n) is 4.97. The van der Waals surface area contributed by atoms with Crippen molar-refractivity contribution in [2.24, 2.45) is 10.7 Å². The molecule has 0 bridgehead atoms. The topological polar surface area (TPSA) is 56.8 Å². The van der Waals surface area contributed by atoms with Crippen molar-refractivity contribution in [1.82, 2.24) is 0 Å². The van der Waals surface area contributed by atoms with Gasteiger partial charge in [0.1, 0.15) is 5.84 Å². The number of aliphatic imine (C=N–C) groups is 1. The van der Waals surface area contributed by atoms with E-state index in [1.807, 2.05) is 31.2 Å². The van der Waals surface area contributed by atoms with Crippen LogP contribution in [-0.4, -0.2) is 19.0 Å². The number of amidine groups is 1. The second-order valence-corrected chi connectivity index (χ2v) is 4.97. The number of nitrogens with two attached hydrogens (primary N) is 1. The van der Waals surface area contributed by atoms with Gasteiger partial charge in [0.15, 0.2) is 0 Å². The molecule has 0 saturated carbocycles. The van der Waals surface area contributed by atoms with E-state index in [4.69, 9.17) is 15.2 Å². The van der Waals surface area contributed by atoms with Crippen LogP contribution in [0.1, 0.15) is 50.7 Å². The summed E-state index contributed by atoms with van der Waals surface area (Å²) in [6.07, 6.45) is 4.62. The number of hydrogen-bond acceptors (Lipinski definition) is 4. The normalized spacial score (nSPS) is 20.8. The maximum absolute atomic E-state index is 5.99. The zero-order valence-corrected chi connectivity index (χ0v) is 12.4. The van der Waals surface area contributed by atoms with Crippen molar-refractivity contribution in [3.8, 4) is 0 Å². The van der Waals surface area contributed by atoms with Crippen LogP contribution >= 0.6 is 0 Å². The molecule has 0 saturated heterocycles. The van der Waals surface area contributed by atoms with Crippen molar-refractivity contribution >= 4 is 5.84 Å². The molecule has 1 atom stereocenters. The minimum absolute atomic E-state index is 0.489. The first-order chi connectivity index (χ1) is 9.73. The predicted octanol–water partition coefficient (Wildman–Crippen LogP) is 3.15. The van der Waals surface area contributed by atoms with Crippen molar-refractivity contribution in [3.63, 3.8) is 0 Å². The Morgan fingerprint density at radius 3 is 2.65 bits per heavy atom. The van der Waals surface area contributed by atoms with E-state index in [1.165, 1.54) is 19.3 Å². The molecule has 0 aromatic heterocycles. The van der Waals surface area contributed by atoms with Gasteiger partial charge in [-0.05, 0) is 13.3 Å². The van der Waals surface area contributed by atoms with E-state index in [2.05, 4.69) is 11.9 Å². The molecular formula is C16H24N2O2. The van der Waals surface area contributed by atoms with E-state index in [0.717, 1.165) is 17.5 Å². The molecule has 0 fully saturated rings. The number of ether oxygens (including phenoxy) is 2.